The predicted molar refractivity (Wildman–Crippen MR) is 70.8 cm³/mol. The molecule has 98 valence electrons. The van der Waals surface area contributed by atoms with Gasteiger partial charge in [0.2, 0.25) is 0 Å². The fraction of sp³-hybridized carbons (Fsp3) is 1.00. The third-order valence-corrected chi connectivity index (χ3v) is 3.41. The van der Waals surface area contributed by atoms with Gasteiger partial charge in [-0.2, -0.15) is 0 Å². The first-order valence-electron chi connectivity index (χ1n) is 6.45. The minimum absolute atomic E-state index is 0.166. The maximum atomic E-state index is 9.40. The Morgan fingerprint density at radius 1 is 1.31 bits per heavy atom. The Hall–Kier alpha value is -0.120. The summed E-state index contributed by atoms with van der Waals surface area (Å²) in [5, 5.41) is 12.6. The molecule has 0 spiro atoms. The molecule has 0 bridgehead atoms. The van der Waals surface area contributed by atoms with Crippen molar-refractivity contribution in [2.45, 2.75) is 65.1 Å². The van der Waals surface area contributed by atoms with Crippen molar-refractivity contribution in [3.63, 3.8) is 0 Å². The molecule has 0 aromatic carbocycles. The molecule has 0 aliphatic carbocycles. The fourth-order valence-corrected chi connectivity index (χ4v) is 2.26. The van der Waals surface area contributed by atoms with E-state index in [4.69, 9.17) is 0 Å². The van der Waals surface area contributed by atoms with Crippen molar-refractivity contribution >= 4 is 0 Å². The van der Waals surface area contributed by atoms with Gasteiger partial charge in [0.25, 0.3) is 0 Å². The summed E-state index contributed by atoms with van der Waals surface area (Å²) >= 11 is 0. The second kappa shape index (κ2) is 7.25. The predicted octanol–water partition coefficient (Wildman–Crippen LogP) is 1.86. The van der Waals surface area contributed by atoms with E-state index in [9.17, 15) is 5.11 Å². The van der Waals surface area contributed by atoms with Gasteiger partial charge in [-0.3, -0.25) is 4.90 Å². The minimum atomic E-state index is -0.166. The van der Waals surface area contributed by atoms with Crippen LogP contribution in [0.4, 0.5) is 0 Å². The lowest BCUT2D eigenvalue weighted by Gasteiger charge is -2.38. The molecule has 0 aromatic heterocycles. The molecule has 0 heterocycles. The fourth-order valence-electron chi connectivity index (χ4n) is 2.26. The summed E-state index contributed by atoms with van der Waals surface area (Å²) in [6.45, 7) is 12.3. The molecule has 0 rings (SSSR count). The molecule has 0 amide bonds. The Bertz CT molecular complexity index is 179. The molecule has 3 heteroatoms. The number of aliphatic hydroxyl groups is 1. The third-order valence-electron chi connectivity index (χ3n) is 3.41. The van der Waals surface area contributed by atoms with Crippen LogP contribution in [-0.2, 0) is 0 Å². The topological polar surface area (TPSA) is 35.5 Å². The van der Waals surface area contributed by atoms with Crippen molar-refractivity contribution in [3.8, 4) is 0 Å². The van der Waals surface area contributed by atoms with Gasteiger partial charge in [-0.15, -0.1) is 0 Å². The Balaban J connectivity index is 4.44. The van der Waals surface area contributed by atoms with Crippen LogP contribution in [0.15, 0.2) is 0 Å². The number of aliphatic hydroxyl groups excluding tert-OH is 1. The zero-order valence-electron chi connectivity index (χ0n) is 11.9. The van der Waals surface area contributed by atoms with Crippen molar-refractivity contribution in [1.82, 2.24) is 10.2 Å². The summed E-state index contributed by atoms with van der Waals surface area (Å²) in [5.74, 6) is 0. The molecule has 0 saturated heterocycles. The summed E-state index contributed by atoms with van der Waals surface area (Å²) in [6.07, 6.45) is 2.15. The van der Waals surface area contributed by atoms with Crippen LogP contribution in [0.2, 0.25) is 0 Å². The molecule has 0 aliphatic heterocycles. The van der Waals surface area contributed by atoms with Gasteiger partial charge in [-0.1, -0.05) is 6.92 Å². The standard InChI is InChI=1S/C13H30N2O/c1-7-8-15(11(2)3)12(4)9-13(5,10-16)14-6/h11-12,14,16H,7-10H2,1-6H3. The van der Waals surface area contributed by atoms with E-state index < -0.39 is 0 Å². The van der Waals surface area contributed by atoms with Gasteiger partial charge in [0, 0.05) is 17.6 Å². The van der Waals surface area contributed by atoms with Gasteiger partial charge in [0.1, 0.15) is 0 Å². The van der Waals surface area contributed by atoms with E-state index in [2.05, 4.69) is 44.8 Å². The van der Waals surface area contributed by atoms with Gasteiger partial charge < -0.3 is 10.4 Å². The van der Waals surface area contributed by atoms with Crippen LogP contribution in [0, 0.1) is 0 Å². The number of rotatable bonds is 8. The third kappa shape index (κ3) is 4.81. The van der Waals surface area contributed by atoms with Gasteiger partial charge in [-0.05, 0) is 54.1 Å². The molecule has 0 aliphatic rings. The van der Waals surface area contributed by atoms with Crippen molar-refractivity contribution in [1.29, 1.82) is 0 Å². The summed E-state index contributed by atoms with van der Waals surface area (Å²) in [6, 6.07) is 1.05. The normalized spacial score (nSPS) is 17.8. The van der Waals surface area contributed by atoms with E-state index in [1.807, 2.05) is 7.05 Å². The Morgan fingerprint density at radius 3 is 2.19 bits per heavy atom. The van der Waals surface area contributed by atoms with Crippen molar-refractivity contribution < 1.29 is 5.11 Å². The van der Waals surface area contributed by atoms with Gasteiger partial charge in [0.05, 0.1) is 6.61 Å². The largest absolute Gasteiger partial charge is 0.394 e. The zero-order valence-corrected chi connectivity index (χ0v) is 11.9. The molecule has 0 aromatic rings. The van der Waals surface area contributed by atoms with Gasteiger partial charge in [0.15, 0.2) is 0 Å². The highest BCUT2D eigenvalue weighted by Gasteiger charge is 2.27. The lowest BCUT2D eigenvalue weighted by Crippen LogP contribution is -2.50. The van der Waals surface area contributed by atoms with Crippen LogP contribution < -0.4 is 5.32 Å². The molecule has 2 atom stereocenters. The second-order valence-corrected chi connectivity index (χ2v) is 5.35. The monoisotopic (exact) mass is 230 g/mol. The Labute approximate surface area is 101 Å². The van der Waals surface area contributed by atoms with Gasteiger partial charge in [-0.25, -0.2) is 0 Å². The molecule has 3 nitrogen and oxygen atoms in total. The number of nitrogens with one attached hydrogen (secondary N) is 1. The molecule has 2 N–H and O–H groups in total. The Morgan fingerprint density at radius 2 is 1.88 bits per heavy atom. The SMILES string of the molecule is CCCN(C(C)C)C(C)CC(C)(CO)NC. The van der Waals surface area contributed by atoms with Crippen molar-refractivity contribution in [2.75, 3.05) is 20.2 Å². The van der Waals surface area contributed by atoms with Crippen LogP contribution in [0.25, 0.3) is 0 Å². The average Bonchev–Trinajstić information content (AvgIpc) is 2.24. The molecule has 16 heavy (non-hydrogen) atoms. The lowest BCUT2D eigenvalue weighted by atomic mass is 9.93. The highest BCUT2D eigenvalue weighted by atomic mass is 16.3. The first-order valence-corrected chi connectivity index (χ1v) is 6.45. The van der Waals surface area contributed by atoms with E-state index in [1.54, 1.807) is 0 Å². The zero-order chi connectivity index (χ0) is 12.8. The van der Waals surface area contributed by atoms with Crippen molar-refractivity contribution in [3.05, 3.63) is 0 Å². The van der Waals surface area contributed by atoms with Crippen molar-refractivity contribution in [2.24, 2.45) is 0 Å². The van der Waals surface area contributed by atoms with E-state index in [0.717, 1.165) is 13.0 Å². The smallest absolute Gasteiger partial charge is 0.0611 e. The minimum Gasteiger partial charge on any atom is -0.394 e. The average molecular weight is 230 g/mol. The van der Waals surface area contributed by atoms with E-state index in [0.29, 0.717) is 12.1 Å². The van der Waals surface area contributed by atoms with Crippen LogP contribution in [0.5, 0.6) is 0 Å². The first kappa shape index (κ1) is 15.9. The quantitative estimate of drug-likeness (QED) is 0.668. The molecule has 2 unspecified atom stereocenters. The maximum absolute atomic E-state index is 9.40. The molecule has 0 saturated carbocycles. The lowest BCUT2D eigenvalue weighted by molar-refractivity contribution is 0.101. The van der Waals surface area contributed by atoms with E-state index in [1.165, 1.54) is 6.42 Å². The number of hydrogen-bond donors (Lipinski definition) is 2. The second-order valence-electron chi connectivity index (χ2n) is 5.35. The van der Waals surface area contributed by atoms with Crippen LogP contribution in [0.3, 0.4) is 0 Å². The number of likely N-dealkylation sites (N-methyl/N-ethyl adjacent to an activating group) is 1. The Kier molecular flexibility index (Phi) is 7.20. The highest BCUT2D eigenvalue weighted by Crippen LogP contribution is 2.17. The molecule has 0 fully saturated rings. The summed E-state index contributed by atoms with van der Waals surface area (Å²) in [7, 11) is 1.92. The van der Waals surface area contributed by atoms with Crippen LogP contribution >= 0.6 is 0 Å². The molecular weight excluding hydrogens is 200 g/mol. The van der Waals surface area contributed by atoms with Crippen LogP contribution in [0.1, 0.15) is 47.5 Å². The summed E-state index contributed by atoms with van der Waals surface area (Å²) in [5.41, 5.74) is -0.166. The van der Waals surface area contributed by atoms with Gasteiger partial charge >= 0.3 is 0 Å². The van der Waals surface area contributed by atoms with E-state index in [-0.39, 0.29) is 12.1 Å². The number of nitrogens with zero attached hydrogens (tertiary/aromatic N) is 1. The van der Waals surface area contributed by atoms with E-state index >= 15 is 0 Å². The summed E-state index contributed by atoms with van der Waals surface area (Å²) < 4.78 is 0. The number of hydrogen-bond acceptors (Lipinski definition) is 3. The molecular formula is C13H30N2O. The van der Waals surface area contributed by atoms with Crippen LogP contribution in [-0.4, -0.2) is 47.8 Å². The highest BCUT2D eigenvalue weighted by molar-refractivity contribution is 4.86. The summed E-state index contributed by atoms with van der Waals surface area (Å²) in [4.78, 5) is 2.51. The molecule has 0 radical (unpaired) electrons. The maximum Gasteiger partial charge on any atom is 0.0611 e. The first-order chi connectivity index (χ1) is 7.40.